The van der Waals surface area contributed by atoms with E-state index in [1.54, 1.807) is 7.11 Å². The van der Waals surface area contributed by atoms with Crippen molar-refractivity contribution in [2.45, 2.75) is 19.3 Å². The van der Waals surface area contributed by atoms with E-state index in [0.717, 1.165) is 43.9 Å². The van der Waals surface area contributed by atoms with E-state index in [2.05, 4.69) is 9.69 Å². The van der Waals surface area contributed by atoms with Crippen LogP contribution in [0, 0.1) is 0 Å². The molecule has 7 heteroatoms. The van der Waals surface area contributed by atoms with Gasteiger partial charge in [-0.2, -0.15) is 4.37 Å². The molecule has 0 unspecified atom stereocenters. The molecule has 1 heterocycles. The molecule has 0 aromatic carbocycles. The van der Waals surface area contributed by atoms with Crippen molar-refractivity contribution in [2.75, 3.05) is 31.3 Å². The number of nitrogen functional groups attached to an aromatic ring is 1. The molecule has 0 aliphatic carbocycles. The summed E-state index contributed by atoms with van der Waals surface area (Å²) in [4.78, 5) is 11.1. The maximum atomic E-state index is 11.1. The van der Waals surface area contributed by atoms with Crippen molar-refractivity contribution in [3.8, 4) is 0 Å². The van der Waals surface area contributed by atoms with Crippen LogP contribution in [0.25, 0.3) is 0 Å². The Morgan fingerprint density at radius 1 is 1.47 bits per heavy atom. The van der Waals surface area contributed by atoms with E-state index in [0.29, 0.717) is 10.6 Å². The topological polar surface area (TPSA) is 103 Å². The molecule has 0 bridgehead atoms. The zero-order chi connectivity index (χ0) is 12.7. The summed E-state index contributed by atoms with van der Waals surface area (Å²) >= 11 is 1.16. The number of ether oxygens (including phenoxy) is 1. The minimum Gasteiger partial charge on any atom is -0.385 e. The number of amides is 1. The monoisotopic (exact) mass is 258 g/mol. The number of carbonyl (C=O) groups excluding carboxylic acids is 1. The fraction of sp³-hybridized carbons (Fsp3) is 0.600. The molecule has 0 aliphatic rings. The lowest BCUT2D eigenvalue weighted by Crippen LogP contribution is -2.15. The summed E-state index contributed by atoms with van der Waals surface area (Å²) in [5.41, 5.74) is 11.1. The van der Waals surface area contributed by atoms with Crippen LogP contribution in [0.1, 0.15) is 29.6 Å². The average molecular weight is 258 g/mol. The first-order valence-corrected chi connectivity index (χ1v) is 6.22. The number of rotatable bonds is 8. The Morgan fingerprint density at radius 3 is 2.88 bits per heavy atom. The Kier molecular flexibility index (Phi) is 5.71. The number of methoxy groups -OCH3 is 1. The van der Waals surface area contributed by atoms with Crippen molar-refractivity contribution in [1.29, 1.82) is 0 Å². The minimum atomic E-state index is -0.543. The van der Waals surface area contributed by atoms with Crippen LogP contribution in [-0.2, 0) is 4.74 Å². The zero-order valence-corrected chi connectivity index (χ0v) is 10.7. The van der Waals surface area contributed by atoms with Crippen molar-refractivity contribution in [3.63, 3.8) is 0 Å². The number of primary amides is 1. The highest BCUT2D eigenvalue weighted by Crippen LogP contribution is 2.25. The predicted octanol–water partition coefficient (Wildman–Crippen LogP) is 1.05. The van der Waals surface area contributed by atoms with Crippen LogP contribution in [-0.4, -0.2) is 30.5 Å². The Hall–Kier alpha value is -1.34. The number of unbranched alkanes of at least 4 members (excludes halogenated alkanes) is 2. The van der Waals surface area contributed by atoms with E-state index in [1.165, 1.54) is 0 Å². The molecule has 1 amide bonds. The lowest BCUT2D eigenvalue weighted by Gasteiger charge is -2.04. The van der Waals surface area contributed by atoms with Crippen LogP contribution in [0.4, 0.5) is 10.8 Å². The molecule has 1 aromatic heterocycles. The first-order chi connectivity index (χ1) is 8.16. The van der Waals surface area contributed by atoms with Crippen molar-refractivity contribution in [1.82, 2.24) is 4.37 Å². The summed E-state index contributed by atoms with van der Waals surface area (Å²) in [6.45, 7) is 1.55. The Labute approximate surface area is 104 Å². The molecule has 17 heavy (non-hydrogen) atoms. The fourth-order valence-electron chi connectivity index (χ4n) is 1.41. The molecule has 0 aliphatic heterocycles. The highest BCUT2D eigenvalue weighted by molar-refractivity contribution is 7.11. The average Bonchev–Trinajstić information content (AvgIpc) is 2.65. The second-order valence-corrected chi connectivity index (χ2v) is 4.39. The highest BCUT2D eigenvalue weighted by Gasteiger charge is 2.15. The number of nitrogens with two attached hydrogens (primary N) is 2. The van der Waals surface area contributed by atoms with Crippen LogP contribution in [0.5, 0.6) is 0 Å². The quantitative estimate of drug-likeness (QED) is 0.605. The van der Waals surface area contributed by atoms with Crippen LogP contribution in [0.15, 0.2) is 0 Å². The zero-order valence-electron chi connectivity index (χ0n) is 9.86. The number of nitrogens with zero attached hydrogens (tertiary/aromatic N) is 1. The maximum Gasteiger partial charge on any atom is 0.255 e. The minimum absolute atomic E-state index is 0.199. The number of nitrogens with one attached hydrogen (secondary N) is 1. The first-order valence-electron chi connectivity index (χ1n) is 5.44. The SMILES string of the molecule is COCCCCCNc1snc(N)c1C(N)=O. The van der Waals surface area contributed by atoms with E-state index in [9.17, 15) is 4.79 Å². The Bertz CT molecular complexity index is 367. The van der Waals surface area contributed by atoms with Gasteiger partial charge in [0.1, 0.15) is 10.6 Å². The van der Waals surface area contributed by atoms with Gasteiger partial charge in [0.25, 0.3) is 5.91 Å². The highest BCUT2D eigenvalue weighted by atomic mass is 32.1. The molecule has 0 fully saturated rings. The van der Waals surface area contributed by atoms with E-state index in [1.807, 2.05) is 0 Å². The van der Waals surface area contributed by atoms with E-state index in [4.69, 9.17) is 16.2 Å². The molecule has 0 saturated carbocycles. The van der Waals surface area contributed by atoms with Gasteiger partial charge >= 0.3 is 0 Å². The molecular formula is C10H18N4O2S. The van der Waals surface area contributed by atoms with Gasteiger partial charge in [-0.1, -0.05) is 0 Å². The van der Waals surface area contributed by atoms with Gasteiger partial charge < -0.3 is 21.5 Å². The second-order valence-electron chi connectivity index (χ2n) is 3.62. The van der Waals surface area contributed by atoms with Gasteiger partial charge in [-0.3, -0.25) is 4.79 Å². The molecule has 1 rings (SSSR count). The first kappa shape index (κ1) is 13.7. The summed E-state index contributed by atoms with van der Waals surface area (Å²) in [7, 11) is 1.69. The largest absolute Gasteiger partial charge is 0.385 e. The van der Waals surface area contributed by atoms with E-state index in [-0.39, 0.29) is 5.82 Å². The molecule has 5 N–H and O–H groups in total. The second kappa shape index (κ2) is 7.08. The van der Waals surface area contributed by atoms with Gasteiger partial charge in [0.2, 0.25) is 0 Å². The third-order valence-corrected chi connectivity index (χ3v) is 3.09. The lowest BCUT2D eigenvalue weighted by atomic mass is 10.2. The van der Waals surface area contributed by atoms with Crippen LogP contribution in [0.3, 0.4) is 0 Å². The molecule has 96 valence electrons. The molecule has 0 radical (unpaired) electrons. The summed E-state index contributed by atoms with van der Waals surface area (Å²) < 4.78 is 8.86. The van der Waals surface area contributed by atoms with Crippen LogP contribution >= 0.6 is 11.5 Å². The van der Waals surface area contributed by atoms with Gasteiger partial charge in [0.15, 0.2) is 5.82 Å². The Balaban J connectivity index is 2.34. The molecule has 6 nitrogen and oxygen atoms in total. The maximum absolute atomic E-state index is 11.1. The van der Waals surface area contributed by atoms with Crippen LogP contribution in [0.2, 0.25) is 0 Å². The summed E-state index contributed by atoms with van der Waals surface area (Å²) in [5.74, 6) is -0.345. The molecular weight excluding hydrogens is 240 g/mol. The van der Waals surface area contributed by atoms with Gasteiger partial charge in [0, 0.05) is 20.3 Å². The van der Waals surface area contributed by atoms with Crippen molar-refractivity contribution in [3.05, 3.63) is 5.56 Å². The van der Waals surface area contributed by atoms with Gasteiger partial charge in [-0.25, -0.2) is 0 Å². The van der Waals surface area contributed by atoms with Gasteiger partial charge in [-0.15, -0.1) is 0 Å². The van der Waals surface area contributed by atoms with Gasteiger partial charge in [0.05, 0.1) is 0 Å². The van der Waals surface area contributed by atoms with Crippen molar-refractivity contribution in [2.24, 2.45) is 5.73 Å². The van der Waals surface area contributed by atoms with E-state index < -0.39 is 5.91 Å². The molecule has 0 saturated heterocycles. The number of anilines is 2. The number of aromatic nitrogens is 1. The standard InChI is InChI=1S/C10H18N4O2S/c1-16-6-4-2-3-5-13-10-7(9(12)15)8(11)14-17-10/h13H,2-6H2,1H3,(H2,11,14)(H2,12,15). The Morgan fingerprint density at radius 2 is 2.24 bits per heavy atom. The molecule has 0 atom stereocenters. The van der Waals surface area contributed by atoms with E-state index >= 15 is 0 Å². The summed E-state index contributed by atoms with van der Waals surface area (Å²) in [5, 5.41) is 3.78. The number of hydrogen-bond acceptors (Lipinski definition) is 6. The molecule has 0 spiro atoms. The fourth-order valence-corrected chi connectivity index (χ4v) is 2.16. The van der Waals surface area contributed by atoms with Crippen molar-refractivity contribution < 1.29 is 9.53 Å². The summed E-state index contributed by atoms with van der Waals surface area (Å²) in [6.07, 6.45) is 3.10. The van der Waals surface area contributed by atoms with Gasteiger partial charge in [-0.05, 0) is 30.8 Å². The van der Waals surface area contributed by atoms with Crippen molar-refractivity contribution >= 4 is 28.3 Å². The van der Waals surface area contributed by atoms with Crippen LogP contribution < -0.4 is 16.8 Å². The summed E-state index contributed by atoms with van der Waals surface area (Å²) in [6, 6.07) is 0. The lowest BCUT2D eigenvalue weighted by molar-refractivity contribution is 0.100. The predicted molar refractivity (Wildman–Crippen MR) is 69.3 cm³/mol. The smallest absolute Gasteiger partial charge is 0.255 e. The molecule has 1 aromatic rings. The third kappa shape index (κ3) is 4.20. The normalized spacial score (nSPS) is 10.4. The number of hydrogen-bond donors (Lipinski definition) is 3. The third-order valence-electron chi connectivity index (χ3n) is 2.28. The number of carbonyl (C=O) groups is 1.